The van der Waals surface area contributed by atoms with Gasteiger partial charge in [-0.15, -0.1) is 0 Å². The Morgan fingerprint density at radius 3 is 2.83 bits per heavy atom. The second-order valence-corrected chi connectivity index (χ2v) is 2.56. The molecule has 0 saturated heterocycles. The predicted molar refractivity (Wildman–Crippen MR) is 42.1 cm³/mol. The zero-order chi connectivity index (χ0) is 9.19. The first-order chi connectivity index (χ1) is 5.61. The molecule has 4 heteroatoms. The van der Waals surface area contributed by atoms with Gasteiger partial charge >= 0.3 is 0 Å². The summed E-state index contributed by atoms with van der Waals surface area (Å²) in [6.07, 6.45) is 1.59. The smallest absolute Gasteiger partial charge is 0.257 e. The van der Waals surface area contributed by atoms with Gasteiger partial charge in [-0.1, -0.05) is 6.92 Å². The number of carbonyl (C=O) groups is 1. The van der Waals surface area contributed by atoms with Crippen LogP contribution in [-0.4, -0.2) is 11.0 Å². The van der Waals surface area contributed by atoms with Gasteiger partial charge in [0, 0.05) is 0 Å². The van der Waals surface area contributed by atoms with Crippen molar-refractivity contribution in [3.63, 3.8) is 0 Å². The van der Waals surface area contributed by atoms with Gasteiger partial charge in [-0.05, 0) is 18.6 Å². The van der Waals surface area contributed by atoms with E-state index in [1.54, 1.807) is 13.0 Å². The molecule has 1 rings (SSSR count). The highest BCUT2D eigenvalue weighted by molar-refractivity contribution is 5.83. The molecule has 12 heavy (non-hydrogen) atoms. The van der Waals surface area contributed by atoms with E-state index >= 15 is 0 Å². The quantitative estimate of drug-likeness (QED) is 0.686. The Morgan fingerprint density at radius 1 is 1.83 bits per heavy atom. The Kier molecular flexibility index (Phi) is 2.19. The van der Waals surface area contributed by atoms with Gasteiger partial charge in [0.05, 0.1) is 6.26 Å². The van der Waals surface area contributed by atoms with E-state index in [9.17, 15) is 9.90 Å². The summed E-state index contributed by atoms with van der Waals surface area (Å²) < 4.78 is 4.90. The predicted octanol–water partition coefficient (Wildman–Crippen LogP) is 0.363. The monoisotopic (exact) mass is 169 g/mol. The molecule has 0 saturated carbocycles. The molecule has 1 unspecified atom stereocenters. The first-order valence-electron chi connectivity index (χ1n) is 3.67. The molecule has 66 valence electrons. The molecule has 1 aromatic rings. The summed E-state index contributed by atoms with van der Waals surface area (Å²) in [4.78, 5) is 10.9. The van der Waals surface area contributed by atoms with Crippen molar-refractivity contribution in [1.82, 2.24) is 0 Å². The number of amides is 1. The van der Waals surface area contributed by atoms with E-state index in [0.717, 1.165) is 0 Å². The van der Waals surface area contributed by atoms with Gasteiger partial charge < -0.3 is 15.3 Å². The third kappa shape index (κ3) is 1.21. The highest BCUT2D eigenvalue weighted by Gasteiger charge is 2.36. The van der Waals surface area contributed by atoms with Crippen LogP contribution in [0.4, 0.5) is 0 Å². The zero-order valence-corrected chi connectivity index (χ0v) is 6.78. The summed E-state index contributed by atoms with van der Waals surface area (Å²) in [5, 5.41) is 9.69. The molecule has 1 atom stereocenters. The number of hydrogen-bond acceptors (Lipinski definition) is 3. The summed E-state index contributed by atoms with van der Waals surface area (Å²) in [6.45, 7) is 1.66. The van der Waals surface area contributed by atoms with E-state index in [-0.39, 0.29) is 12.2 Å². The molecule has 0 aliphatic carbocycles. The third-order valence-corrected chi connectivity index (χ3v) is 1.85. The van der Waals surface area contributed by atoms with Crippen molar-refractivity contribution >= 4 is 5.91 Å². The first kappa shape index (κ1) is 8.80. The maximum absolute atomic E-state index is 10.9. The fourth-order valence-electron chi connectivity index (χ4n) is 0.984. The van der Waals surface area contributed by atoms with Crippen LogP contribution in [0, 0.1) is 0 Å². The van der Waals surface area contributed by atoms with Gasteiger partial charge in [-0.2, -0.15) is 0 Å². The topological polar surface area (TPSA) is 76.5 Å². The molecule has 1 aromatic heterocycles. The molecule has 0 spiro atoms. The minimum atomic E-state index is -1.66. The Labute approximate surface area is 70.0 Å². The lowest BCUT2D eigenvalue weighted by atomic mass is 9.97. The molecule has 3 N–H and O–H groups in total. The van der Waals surface area contributed by atoms with Crippen LogP contribution >= 0.6 is 0 Å². The second kappa shape index (κ2) is 2.98. The van der Waals surface area contributed by atoms with E-state index in [2.05, 4.69) is 0 Å². The van der Waals surface area contributed by atoms with Gasteiger partial charge in [-0.25, -0.2) is 0 Å². The maximum atomic E-state index is 10.9. The number of furan rings is 1. The summed E-state index contributed by atoms with van der Waals surface area (Å²) in [5.41, 5.74) is 3.36. The molecular weight excluding hydrogens is 158 g/mol. The summed E-state index contributed by atoms with van der Waals surface area (Å²) >= 11 is 0. The SMILES string of the molecule is CCC(O)(C(N)=O)c1ccco1. The fraction of sp³-hybridized carbons (Fsp3) is 0.375. The Morgan fingerprint density at radius 2 is 2.50 bits per heavy atom. The van der Waals surface area contributed by atoms with Crippen LogP contribution in [0.25, 0.3) is 0 Å². The van der Waals surface area contributed by atoms with Crippen molar-refractivity contribution in [2.45, 2.75) is 18.9 Å². The molecule has 0 aromatic carbocycles. The lowest BCUT2D eigenvalue weighted by Crippen LogP contribution is -2.40. The number of aliphatic hydroxyl groups is 1. The Balaban J connectivity index is 3.04. The van der Waals surface area contributed by atoms with E-state index in [1.807, 2.05) is 0 Å². The summed E-state index contributed by atoms with van der Waals surface area (Å²) in [7, 11) is 0. The van der Waals surface area contributed by atoms with E-state index < -0.39 is 11.5 Å². The van der Waals surface area contributed by atoms with E-state index in [4.69, 9.17) is 10.2 Å². The maximum Gasteiger partial charge on any atom is 0.257 e. The van der Waals surface area contributed by atoms with E-state index in [1.165, 1.54) is 12.3 Å². The van der Waals surface area contributed by atoms with Gasteiger partial charge in [0.15, 0.2) is 5.60 Å². The lowest BCUT2D eigenvalue weighted by molar-refractivity contribution is -0.139. The highest BCUT2D eigenvalue weighted by Crippen LogP contribution is 2.24. The molecule has 1 heterocycles. The van der Waals surface area contributed by atoms with Crippen LogP contribution in [0.5, 0.6) is 0 Å². The number of hydrogen-bond donors (Lipinski definition) is 2. The van der Waals surface area contributed by atoms with Crippen molar-refractivity contribution in [3.05, 3.63) is 24.2 Å². The normalized spacial score (nSPS) is 15.5. The van der Waals surface area contributed by atoms with Crippen LogP contribution < -0.4 is 5.73 Å². The first-order valence-corrected chi connectivity index (χ1v) is 3.67. The van der Waals surface area contributed by atoms with Gasteiger partial charge in [0.2, 0.25) is 0 Å². The van der Waals surface area contributed by atoms with Gasteiger partial charge in [0.25, 0.3) is 5.91 Å². The minimum Gasteiger partial charge on any atom is -0.466 e. The van der Waals surface area contributed by atoms with Crippen molar-refractivity contribution < 1.29 is 14.3 Å². The molecule has 0 bridgehead atoms. The van der Waals surface area contributed by atoms with Crippen LogP contribution in [-0.2, 0) is 10.4 Å². The average Bonchev–Trinajstić information content (AvgIpc) is 2.54. The molecule has 1 amide bonds. The largest absolute Gasteiger partial charge is 0.466 e. The molecule has 4 nitrogen and oxygen atoms in total. The van der Waals surface area contributed by atoms with Crippen molar-refractivity contribution in [2.75, 3.05) is 0 Å². The number of rotatable bonds is 3. The zero-order valence-electron chi connectivity index (χ0n) is 6.78. The molecule has 0 fully saturated rings. The van der Waals surface area contributed by atoms with Crippen LogP contribution in [0.1, 0.15) is 19.1 Å². The minimum absolute atomic E-state index is 0.192. The second-order valence-electron chi connectivity index (χ2n) is 2.56. The number of primary amides is 1. The van der Waals surface area contributed by atoms with Crippen molar-refractivity contribution in [3.8, 4) is 0 Å². The average molecular weight is 169 g/mol. The number of nitrogens with two attached hydrogens (primary N) is 1. The molecule has 0 radical (unpaired) electrons. The molecular formula is C8H11NO3. The fourth-order valence-corrected chi connectivity index (χ4v) is 0.984. The molecule has 0 aliphatic heterocycles. The Bertz CT molecular complexity index is 268. The van der Waals surface area contributed by atoms with Crippen LogP contribution in [0.3, 0.4) is 0 Å². The lowest BCUT2D eigenvalue weighted by Gasteiger charge is -2.19. The standard InChI is InChI=1S/C8H11NO3/c1-2-8(11,7(9)10)6-4-3-5-12-6/h3-5,11H,2H2,1H3,(H2,9,10). The summed E-state index contributed by atoms with van der Waals surface area (Å²) in [5.74, 6) is -0.600. The van der Waals surface area contributed by atoms with Crippen LogP contribution in [0.15, 0.2) is 22.8 Å². The van der Waals surface area contributed by atoms with Gasteiger partial charge in [0.1, 0.15) is 5.76 Å². The van der Waals surface area contributed by atoms with Crippen molar-refractivity contribution in [1.29, 1.82) is 0 Å². The Hall–Kier alpha value is -1.29. The summed E-state index contributed by atoms with van der Waals surface area (Å²) in [6, 6.07) is 3.12. The van der Waals surface area contributed by atoms with Crippen molar-refractivity contribution in [2.24, 2.45) is 5.73 Å². The van der Waals surface area contributed by atoms with E-state index in [0.29, 0.717) is 0 Å². The van der Waals surface area contributed by atoms with Gasteiger partial charge in [-0.3, -0.25) is 4.79 Å². The number of carbonyl (C=O) groups excluding carboxylic acids is 1. The van der Waals surface area contributed by atoms with Crippen LogP contribution in [0.2, 0.25) is 0 Å². The molecule has 0 aliphatic rings. The third-order valence-electron chi connectivity index (χ3n) is 1.85. The highest BCUT2D eigenvalue weighted by atomic mass is 16.4.